The molecule has 0 heterocycles. The van der Waals surface area contributed by atoms with Gasteiger partial charge in [-0.05, 0) is 57.4 Å². The molecule has 1 saturated carbocycles. The lowest BCUT2D eigenvalue weighted by atomic mass is 9.79. The highest BCUT2D eigenvalue weighted by Crippen LogP contribution is 2.30. The fraction of sp³-hybridized carbons (Fsp3) is 0.562. The molecule has 20 heavy (non-hydrogen) atoms. The van der Waals surface area contributed by atoms with Gasteiger partial charge in [0.1, 0.15) is 0 Å². The maximum absolute atomic E-state index is 12.0. The highest BCUT2D eigenvalue weighted by atomic mass is 16.2. The number of rotatable bonds is 5. The Kier molecular flexibility index (Phi) is 4.65. The second kappa shape index (κ2) is 6.27. The molecule has 0 saturated heterocycles. The van der Waals surface area contributed by atoms with Gasteiger partial charge < -0.3 is 16.0 Å². The van der Waals surface area contributed by atoms with Gasteiger partial charge in [-0.1, -0.05) is 19.1 Å². The molecule has 0 radical (unpaired) electrons. The quantitative estimate of drug-likeness (QED) is 0.771. The molecule has 1 atom stereocenters. The topological polar surface area (TPSA) is 53.2 Å². The van der Waals surface area contributed by atoms with E-state index in [9.17, 15) is 4.79 Å². The number of hydrogen-bond acceptors (Lipinski definition) is 2. The Morgan fingerprint density at radius 1 is 1.40 bits per heavy atom. The van der Waals surface area contributed by atoms with E-state index in [2.05, 4.69) is 42.8 Å². The number of amides is 2. The van der Waals surface area contributed by atoms with Crippen LogP contribution in [0.25, 0.3) is 0 Å². The lowest BCUT2D eigenvalue weighted by Gasteiger charge is -2.39. The van der Waals surface area contributed by atoms with E-state index in [-0.39, 0.29) is 17.6 Å². The third-order valence-electron chi connectivity index (χ3n) is 4.03. The molecular formula is C16H25N3O. The summed E-state index contributed by atoms with van der Waals surface area (Å²) in [5, 5.41) is 9.35. The molecule has 3 N–H and O–H groups in total. The smallest absolute Gasteiger partial charge is 0.319 e. The summed E-state index contributed by atoms with van der Waals surface area (Å²) >= 11 is 0. The standard InChI is InChI=1S/C16H25N3O/c1-4-17-12(2)13-7-5-8-14(11-13)18-15(20)19-16(3)9-6-10-16/h5,7-8,11-12,17H,4,6,9-10H2,1-3H3,(H2,18,19,20). The molecule has 0 spiro atoms. The number of anilines is 1. The van der Waals surface area contributed by atoms with Gasteiger partial charge >= 0.3 is 6.03 Å². The van der Waals surface area contributed by atoms with E-state index >= 15 is 0 Å². The number of carbonyl (C=O) groups is 1. The molecule has 2 rings (SSSR count). The molecule has 1 aliphatic rings. The first kappa shape index (κ1) is 14.9. The maximum atomic E-state index is 12.0. The third kappa shape index (κ3) is 3.73. The zero-order chi connectivity index (χ0) is 14.6. The van der Waals surface area contributed by atoms with Crippen LogP contribution in [-0.4, -0.2) is 18.1 Å². The van der Waals surface area contributed by atoms with Gasteiger partial charge in [-0.15, -0.1) is 0 Å². The van der Waals surface area contributed by atoms with Gasteiger partial charge in [-0.3, -0.25) is 0 Å². The summed E-state index contributed by atoms with van der Waals surface area (Å²) < 4.78 is 0. The van der Waals surface area contributed by atoms with Crippen molar-refractivity contribution >= 4 is 11.7 Å². The van der Waals surface area contributed by atoms with Crippen LogP contribution in [0.3, 0.4) is 0 Å². The Morgan fingerprint density at radius 2 is 2.15 bits per heavy atom. The van der Waals surface area contributed by atoms with Gasteiger partial charge in [0, 0.05) is 17.3 Å². The summed E-state index contributed by atoms with van der Waals surface area (Å²) in [4.78, 5) is 12.0. The average molecular weight is 275 g/mol. The van der Waals surface area contributed by atoms with Crippen molar-refractivity contribution < 1.29 is 4.79 Å². The van der Waals surface area contributed by atoms with Crippen molar-refractivity contribution in [3.63, 3.8) is 0 Å². The van der Waals surface area contributed by atoms with Crippen molar-refractivity contribution in [1.82, 2.24) is 10.6 Å². The largest absolute Gasteiger partial charge is 0.333 e. The van der Waals surface area contributed by atoms with E-state index < -0.39 is 0 Å². The lowest BCUT2D eigenvalue weighted by Crippen LogP contribution is -2.52. The Morgan fingerprint density at radius 3 is 2.75 bits per heavy atom. The minimum Gasteiger partial charge on any atom is -0.333 e. The molecule has 1 aromatic rings. The zero-order valence-electron chi connectivity index (χ0n) is 12.6. The molecule has 1 fully saturated rings. The molecule has 110 valence electrons. The van der Waals surface area contributed by atoms with E-state index in [4.69, 9.17) is 0 Å². The molecule has 0 aliphatic heterocycles. The normalized spacial score (nSPS) is 17.9. The van der Waals surface area contributed by atoms with Crippen molar-refractivity contribution in [3.05, 3.63) is 29.8 Å². The van der Waals surface area contributed by atoms with Crippen LogP contribution in [0, 0.1) is 0 Å². The van der Waals surface area contributed by atoms with Crippen LogP contribution in [0.2, 0.25) is 0 Å². The molecule has 1 aliphatic carbocycles. The minimum atomic E-state index is -0.111. The van der Waals surface area contributed by atoms with Crippen LogP contribution < -0.4 is 16.0 Å². The number of hydrogen-bond donors (Lipinski definition) is 3. The summed E-state index contributed by atoms with van der Waals surface area (Å²) in [6, 6.07) is 8.17. The first-order chi connectivity index (χ1) is 9.52. The Balaban J connectivity index is 1.95. The van der Waals surface area contributed by atoms with Crippen molar-refractivity contribution in [2.45, 2.75) is 51.6 Å². The second-order valence-electron chi connectivity index (χ2n) is 5.90. The Labute approximate surface area is 121 Å². The monoisotopic (exact) mass is 275 g/mol. The lowest BCUT2D eigenvalue weighted by molar-refractivity contribution is 0.200. The van der Waals surface area contributed by atoms with E-state index in [1.807, 2.05) is 18.2 Å². The summed E-state index contributed by atoms with van der Waals surface area (Å²) in [5.41, 5.74) is 2.01. The van der Waals surface area contributed by atoms with Gasteiger partial charge in [0.05, 0.1) is 0 Å². The summed E-state index contributed by atoms with van der Waals surface area (Å²) in [5.74, 6) is 0. The molecule has 4 heteroatoms. The number of urea groups is 1. The second-order valence-corrected chi connectivity index (χ2v) is 5.90. The van der Waals surface area contributed by atoms with Crippen LogP contribution in [0.4, 0.5) is 10.5 Å². The van der Waals surface area contributed by atoms with Crippen molar-refractivity contribution in [2.24, 2.45) is 0 Å². The van der Waals surface area contributed by atoms with E-state index in [1.54, 1.807) is 0 Å². The Hall–Kier alpha value is -1.55. The van der Waals surface area contributed by atoms with Gasteiger partial charge in [-0.25, -0.2) is 4.79 Å². The SMILES string of the molecule is CCNC(C)c1cccc(NC(=O)NC2(C)CCC2)c1. The van der Waals surface area contributed by atoms with Gasteiger partial charge in [0.25, 0.3) is 0 Å². The Bertz CT molecular complexity index is 469. The molecule has 2 amide bonds. The number of nitrogens with one attached hydrogen (secondary N) is 3. The predicted molar refractivity (Wildman–Crippen MR) is 82.9 cm³/mol. The predicted octanol–water partition coefficient (Wildman–Crippen LogP) is 3.42. The fourth-order valence-corrected chi connectivity index (χ4v) is 2.58. The van der Waals surface area contributed by atoms with Crippen LogP contribution in [0.5, 0.6) is 0 Å². The molecule has 1 aromatic carbocycles. The van der Waals surface area contributed by atoms with Gasteiger partial charge in [0.2, 0.25) is 0 Å². The zero-order valence-corrected chi connectivity index (χ0v) is 12.6. The minimum absolute atomic E-state index is 0.0151. The summed E-state index contributed by atoms with van der Waals surface area (Å²) in [6.45, 7) is 7.24. The van der Waals surface area contributed by atoms with E-state index in [0.29, 0.717) is 0 Å². The maximum Gasteiger partial charge on any atom is 0.319 e. The molecule has 0 bridgehead atoms. The fourth-order valence-electron chi connectivity index (χ4n) is 2.58. The van der Waals surface area contributed by atoms with Gasteiger partial charge in [-0.2, -0.15) is 0 Å². The van der Waals surface area contributed by atoms with Crippen LogP contribution in [0.1, 0.15) is 51.6 Å². The van der Waals surface area contributed by atoms with Crippen LogP contribution >= 0.6 is 0 Å². The summed E-state index contributed by atoms with van der Waals surface area (Å²) in [7, 11) is 0. The number of carbonyl (C=O) groups excluding carboxylic acids is 1. The molecular weight excluding hydrogens is 250 g/mol. The van der Waals surface area contributed by atoms with Crippen molar-refractivity contribution in [2.75, 3.05) is 11.9 Å². The highest BCUT2D eigenvalue weighted by Gasteiger charge is 2.33. The van der Waals surface area contributed by atoms with Crippen molar-refractivity contribution in [3.8, 4) is 0 Å². The van der Waals surface area contributed by atoms with Gasteiger partial charge in [0.15, 0.2) is 0 Å². The van der Waals surface area contributed by atoms with E-state index in [1.165, 1.54) is 12.0 Å². The molecule has 4 nitrogen and oxygen atoms in total. The van der Waals surface area contributed by atoms with Crippen molar-refractivity contribution in [1.29, 1.82) is 0 Å². The first-order valence-corrected chi connectivity index (χ1v) is 7.45. The molecule has 0 aromatic heterocycles. The average Bonchev–Trinajstić information content (AvgIpc) is 2.37. The molecule has 1 unspecified atom stereocenters. The van der Waals surface area contributed by atoms with E-state index in [0.717, 1.165) is 25.1 Å². The number of benzene rings is 1. The summed E-state index contributed by atoms with van der Waals surface area (Å²) in [6.07, 6.45) is 3.34. The first-order valence-electron chi connectivity index (χ1n) is 7.45. The van der Waals surface area contributed by atoms with Crippen LogP contribution in [-0.2, 0) is 0 Å². The third-order valence-corrected chi connectivity index (χ3v) is 4.03. The highest BCUT2D eigenvalue weighted by molar-refractivity contribution is 5.89. The van der Waals surface area contributed by atoms with Crippen LogP contribution in [0.15, 0.2) is 24.3 Å².